The molecule has 0 aliphatic carbocycles. The predicted molar refractivity (Wildman–Crippen MR) is 134 cm³/mol. The Balaban J connectivity index is 1.25. The third-order valence-electron chi connectivity index (χ3n) is 6.95. The molecule has 0 saturated carbocycles. The first-order valence-electron chi connectivity index (χ1n) is 12.2. The minimum Gasteiger partial charge on any atom is -0.465 e. The Labute approximate surface area is 205 Å². The van der Waals surface area contributed by atoms with Gasteiger partial charge in [0.05, 0.1) is 0 Å². The molecule has 9 heteroatoms. The van der Waals surface area contributed by atoms with Crippen LogP contribution in [0.3, 0.4) is 0 Å². The summed E-state index contributed by atoms with van der Waals surface area (Å²) in [6.07, 6.45) is 0.815. The van der Waals surface area contributed by atoms with Crippen molar-refractivity contribution < 1.29 is 19.1 Å². The van der Waals surface area contributed by atoms with E-state index in [4.69, 9.17) is 0 Å². The smallest absolute Gasteiger partial charge is 0.407 e. The first-order valence-corrected chi connectivity index (χ1v) is 12.2. The molecule has 2 aromatic rings. The minimum absolute atomic E-state index is 0.0170. The number of hydrogen-bond acceptors (Lipinski definition) is 4. The van der Waals surface area contributed by atoms with Crippen molar-refractivity contribution in [2.45, 2.75) is 38.4 Å². The summed E-state index contributed by atoms with van der Waals surface area (Å²) in [5.41, 5.74) is 2.87. The Morgan fingerprint density at radius 3 is 2.29 bits per heavy atom. The van der Waals surface area contributed by atoms with Crippen molar-refractivity contribution in [3.8, 4) is 0 Å². The molecule has 0 unspecified atom stereocenters. The number of carboxylic acid groups (broad SMARTS) is 1. The lowest BCUT2D eigenvalue weighted by molar-refractivity contribution is 0.0711. The molecule has 2 N–H and O–H groups in total. The van der Waals surface area contributed by atoms with E-state index in [2.05, 4.69) is 10.2 Å². The van der Waals surface area contributed by atoms with Crippen molar-refractivity contribution in [1.82, 2.24) is 14.7 Å². The number of piperidine rings is 1. The molecule has 4 rings (SSSR count). The molecule has 2 aliphatic rings. The van der Waals surface area contributed by atoms with Gasteiger partial charge in [0.2, 0.25) is 0 Å². The maximum absolute atomic E-state index is 13.1. The van der Waals surface area contributed by atoms with Crippen LogP contribution in [0.5, 0.6) is 0 Å². The number of amides is 3. The third-order valence-corrected chi connectivity index (χ3v) is 6.95. The van der Waals surface area contributed by atoms with E-state index in [1.54, 1.807) is 24.1 Å². The molecule has 2 heterocycles. The van der Waals surface area contributed by atoms with E-state index in [1.165, 1.54) is 17.0 Å². The maximum Gasteiger partial charge on any atom is 0.407 e. The molecule has 1 atom stereocenters. The zero-order chi connectivity index (χ0) is 24.9. The number of benzene rings is 2. The summed E-state index contributed by atoms with van der Waals surface area (Å²) in [6.45, 7) is 5.96. The molecule has 2 saturated heterocycles. The Morgan fingerprint density at radius 1 is 1.03 bits per heavy atom. The van der Waals surface area contributed by atoms with Gasteiger partial charge >= 0.3 is 12.1 Å². The number of hydrogen-bond donors (Lipinski definition) is 2. The first-order chi connectivity index (χ1) is 16.8. The lowest BCUT2D eigenvalue weighted by atomic mass is 10.0. The molecule has 188 valence electrons. The number of anilines is 2. The van der Waals surface area contributed by atoms with Gasteiger partial charge in [-0.2, -0.15) is 0 Å². The number of carbonyl (C=O) groups excluding carboxylic acids is 1. The van der Waals surface area contributed by atoms with Crippen molar-refractivity contribution in [1.29, 1.82) is 0 Å². The number of halogens is 1. The van der Waals surface area contributed by atoms with Gasteiger partial charge in [-0.05, 0) is 61.7 Å². The molecular weight excluding hydrogens is 449 g/mol. The van der Waals surface area contributed by atoms with E-state index in [1.807, 2.05) is 36.1 Å². The van der Waals surface area contributed by atoms with Crippen molar-refractivity contribution in [3.05, 3.63) is 59.9 Å². The van der Waals surface area contributed by atoms with Crippen LogP contribution < -0.4 is 10.2 Å². The largest absolute Gasteiger partial charge is 0.465 e. The van der Waals surface area contributed by atoms with E-state index in [9.17, 15) is 19.1 Å². The van der Waals surface area contributed by atoms with Crippen molar-refractivity contribution in [3.63, 3.8) is 0 Å². The summed E-state index contributed by atoms with van der Waals surface area (Å²) in [6, 6.07) is 14.6. The predicted octanol–water partition coefficient (Wildman–Crippen LogP) is 4.14. The summed E-state index contributed by atoms with van der Waals surface area (Å²) < 4.78 is 13.1. The van der Waals surface area contributed by atoms with Gasteiger partial charge in [0.1, 0.15) is 5.82 Å². The van der Waals surface area contributed by atoms with Crippen LogP contribution in [0, 0.1) is 5.82 Å². The van der Waals surface area contributed by atoms with Gasteiger partial charge in [0, 0.05) is 69.8 Å². The average Bonchev–Trinajstić information content (AvgIpc) is 2.85. The summed E-state index contributed by atoms with van der Waals surface area (Å²) >= 11 is 0. The molecule has 0 radical (unpaired) electrons. The number of rotatable bonds is 5. The molecule has 2 fully saturated rings. The summed E-state index contributed by atoms with van der Waals surface area (Å²) in [7, 11) is 1.80. The standard InChI is InChI=1S/C26H34FN5O3/c1-19-17-30(15-16-32(19)26(34)35)18-20-3-9-24(10-4-20)29(2)25(33)31-13-11-23(12-14-31)28-22-7-5-21(27)6-8-22/h3-10,19,23,28H,11-18H2,1-2H3,(H,34,35)/t19-/m0/s1. The van der Waals surface area contributed by atoms with Gasteiger partial charge in [0.25, 0.3) is 0 Å². The number of nitrogens with zero attached hydrogens (tertiary/aromatic N) is 4. The zero-order valence-electron chi connectivity index (χ0n) is 20.4. The van der Waals surface area contributed by atoms with E-state index in [-0.39, 0.29) is 23.9 Å². The van der Waals surface area contributed by atoms with Gasteiger partial charge in [-0.3, -0.25) is 9.80 Å². The fourth-order valence-corrected chi connectivity index (χ4v) is 4.86. The Bertz CT molecular complexity index is 1010. The van der Waals surface area contributed by atoms with E-state index >= 15 is 0 Å². The van der Waals surface area contributed by atoms with Crippen LogP contribution in [0.15, 0.2) is 48.5 Å². The van der Waals surface area contributed by atoms with Gasteiger partial charge in [-0.25, -0.2) is 14.0 Å². The lowest BCUT2D eigenvalue weighted by Crippen LogP contribution is -2.53. The van der Waals surface area contributed by atoms with Crippen molar-refractivity contribution in [2.24, 2.45) is 0 Å². The number of urea groups is 1. The third kappa shape index (κ3) is 6.22. The van der Waals surface area contributed by atoms with Crippen LogP contribution in [0.25, 0.3) is 0 Å². The Hall–Kier alpha value is -3.33. The van der Waals surface area contributed by atoms with Gasteiger partial charge in [-0.15, -0.1) is 0 Å². The molecule has 3 amide bonds. The number of piperazine rings is 1. The van der Waals surface area contributed by atoms with Gasteiger partial charge < -0.3 is 20.2 Å². The second-order valence-electron chi connectivity index (χ2n) is 9.48. The summed E-state index contributed by atoms with van der Waals surface area (Å²) in [5, 5.41) is 12.7. The second-order valence-corrected chi connectivity index (χ2v) is 9.48. The normalized spacial score (nSPS) is 19.5. The molecule has 0 bridgehead atoms. The average molecular weight is 484 g/mol. The summed E-state index contributed by atoms with van der Waals surface area (Å²) in [5.74, 6) is -0.250. The Morgan fingerprint density at radius 2 is 1.69 bits per heavy atom. The van der Waals surface area contributed by atoms with Crippen molar-refractivity contribution >= 4 is 23.5 Å². The molecule has 35 heavy (non-hydrogen) atoms. The van der Waals surface area contributed by atoms with Gasteiger partial charge in [0.15, 0.2) is 0 Å². The van der Waals surface area contributed by atoms with Crippen LogP contribution in [-0.2, 0) is 6.54 Å². The Kier molecular flexibility index (Phi) is 7.75. The highest BCUT2D eigenvalue weighted by Crippen LogP contribution is 2.21. The highest BCUT2D eigenvalue weighted by molar-refractivity contribution is 5.91. The fourth-order valence-electron chi connectivity index (χ4n) is 4.86. The molecule has 0 spiro atoms. The molecule has 2 aromatic carbocycles. The molecule has 0 aromatic heterocycles. The number of nitrogens with one attached hydrogen (secondary N) is 1. The molecular formula is C26H34FN5O3. The second kappa shape index (κ2) is 10.9. The highest BCUT2D eigenvalue weighted by atomic mass is 19.1. The molecule has 2 aliphatic heterocycles. The van der Waals surface area contributed by atoms with Gasteiger partial charge in [-0.1, -0.05) is 12.1 Å². The first kappa shape index (κ1) is 24.8. The number of carbonyl (C=O) groups is 2. The topological polar surface area (TPSA) is 79.4 Å². The minimum atomic E-state index is -0.859. The monoisotopic (exact) mass is 483 g/mol. The summed E-state index contributed by atoms with van der Waals surface area (Å²) in [4.78, 5) is 31.6. The van der Waals surface area contributed by atoms with Crippen LogP contribution in [0.1, 0.15) is 25.3 Å². The van der Waals surface area contributed by atoms with Crippen molar-refractivity contribution in [2.75, 3.05) is 50.0 Å². The SMILES string of the molecule is C[C@H]1CN(Cc2ccc(N(C)C(=O)N3CCC(Nc4ccc(F)cc4)CC3)cc2)CCN1C(=O)O. The van der Waals surface area contributed by atoms with Crippen LogP contribution in [0.4, 0.5) is 25.4 Å². The fraction of sp³-hybridized carbons (Fsp3) is 0.462. The maximum atomic E-state index is 13.1. The molecule has 8 nitrogen and oxygen atoms in total. The highest BCUT2D eigenvalue weighted by Gasteiger charge is 2.28. The van der Waals surface area contributed by atoms with Crippen LogP contribution in [-0.4, -0.2) is 83.8 Å². The van der Waals surface area contributed by atoms with E-state index < -0.39 is 6.09 Å². The van der Waals surface area contributed by atoms with E-state index in [0.717, 1.165) is 36.3 Å². The van der Waals surface area contributed by atoms with Crippen LogP contribution >= 0.6 is 0 Å². The quantitative estimate of drug-likeness (QED) is 0.668. The number of likely N-dealkylation sites (tertiary alicyclic amines) is 1. The van der Waals surface area contributed by atoms with Crippen LogP contribution in [0.2, 0.25) is 0 Å². The lowest BCUT2D eigenvalue weighted by Gasteiger charge is -2.38. The zero-order valence-corrected chi connectivity index (χ0v) is 20.4. The van der Waals surface area contributed by atoms with E-state index in [0.29, 0.717) is 32.7 Å².